The molecule has 0 bridgehead atoms. The Morgan fingerprint density at radius 1 is 0.885 bits per heavy atom. The molecule has 0 aliphatic heterocycles. The molecule has 2 N–H and O–H groups in total. The maximum atomic E-state index is 11.8. The molecule has 0 saturated carbocycles. The number of rotatable bonds is 6. The van der Waals surface area contributed by atoms with E-state index in [1.165, 1.54) is 12.1 Å². The minimum Gasteiger partial charge on any atom is -0.480 e. The maximum Gasteiger partial charge on any atom is 0.344 e. The molecule has 0 spiro atoms. The molecular formula is C17H14Cl2N2O5. The van der Waals surface area contributed by atoms with Crippen molar-refractivity contribution in [2.75, 3.05) is 13.2 Å². The Labute approximate surface area is 159 Å². The third kappa shape index (κ3) is 6.27. The minimum atomic E-state index is -0.760. The lowest BCUT2D eigenvalue weighted by Crippen LogP contribution is -2.43. The smallest absolute Gasteiger partial charge is 0.344 e. The van der Waals surface area contributed by atoms with Gasteiger partial charge in [0.15, 0.2) is 13.2 Å². The monoisotopic (exact) mass is 396 g/mol. The zero-order valence-corrected chi connectivity index (χ0v) is 14.8. The Balaban J connectivity index is 1.68. The van der Waals surface area contributed by atoms with Crippen LogP contribution in [0.2, 0.25) is 10.0 Å². The van der Waals surface area contributed by atoms with Crippen molar-refractivity contribution in [3.63, 3.8) is 0 Å². The number of carbonyl (C=O) groups is 3. The van der Waals surface area contributed by atoms with E-state index >= 15 is 0 Å². The van der Waals surface area contributed by atoms with Gasteiger partial charge in [-0.3, -0.25) is 20.4 Å². The molecular weight excluding hydrogens is 383 g/mol. The average Bonchev–Trinajstić information content (AvgIpc) is 2.64. The van der Waals surface area contributed by atoms with Crippen LogP contribution in [0.3, 0.4) is 0 Å². The number of ether oxygens (including phenoxy) is 2. The lowest BCUT2D eigenvalue weighted by Gasteiger charge is -2.09. The first-order chi connectivity index (χ1) is 12.5. The molecule has 0 heterocycles. The molecule has 2 aromatic carbocycles. The summed E-state index contributed by atoms with van der Waals surface area (Å²) in [7, 11) is 0. The van der Waals surface area contributed by atoms with Crippen LogP contribution in [0.4, 0.5) is 0 Å². The highest BCUT2D eigenvalue weighted by Gasteiger charge is 2.11. The first-order valence-electron chi connectivity index (χ1n) is 7.33. The molecule has 2 rings (SSSR count). The largest absolute Gasteiger partial charge is 0.480 e. The van der Waals surface area contributed by atoms with Crippen LogP contribution in [0.25, 0.3) is 0 Å². The summed E-state index contributed by atoms with van der Waals surface area (Å²) in [5.74, 6) is -1.68. The molecule has 2 amide bonds. The average molecular weight is 397 g/mol. The summed E-state index contributed by atoms with van der Waals surface area (Å²) in [5.41, 5.74) is 4.61. The van der Waals surface area contributed by atoms with Gasteiger partial charge in [0.1, 0.15) is 5.75 Å². The second-order valence-electron chi connectivity index (χ2n) is 4.89. The van der Waals surface area contributed by atoms with E-state index < -0.39 is 31.0 Å². The predicted molar refractivity (Wildman–Crippen MR) is 95.0 cm³/mol. The number of esters is 1. The number of hydrogen-bond acceptors (Lipinski definition) is 5. The zero-order valence-electron chi connectivity index (χ0n) is 13.3. The Morgan fingerprint density at radius 3 is 2.27 bits per heavy atom. The van der Waals surface area contributed by atoms with Crippen molar-refractivity contribution in [3.8, 4) is 5.75 Å². The number of para-hydroxylation sites is 1. The van der Waals surface area contributed by atoms with Crippen LogP contribution >= 0.6 is 23.2 Å². The van der Waals surface area contributed by atoms with E-state index in [0.29, 0.717) is 21.4 Å². The number of benzene rings is 2. The molecule has 2 aromatic rings. The Morgan fingerprint density at radius 2 is 1.58 bits per heavy atom. The molecule has 0 atom stereocenters. The van der Waals surface area contributed by atoms with Crippen molar-refractivity contribution in [3.05, 3.63) is 64.1 Å². The first-order valence-corrected chi connectivity index (χ1v) is 8.09. The third-order valence-corrected chi connectivity index (χ3v) is 3.53. The van der Waals surface area contributed by atoms with E-state index in [0.717, 1.165) is 0 Å². The third-order valence-electron chi connectivity index (χ3n) is 2.97. The van der Waals surface area contributed by atoms with E-state index in [1.807, 2.05) is 0 Å². The fourth-order valence-corrected chi connectivity index (χ4v) is 2.04. The van der Waals surface area contributed by atoms with Gasteiger partial charge in [-0.25, -0.2) is 4.79 Å². The number of hydrazine groups is 1. The van der Waals surface area contributed by atoms with Crippen LogP contribution in [0.5, 0.6) is 5.75 Å². The van der Waals surface area contributed by atoms with Crippen molar-refractivity contribution in [1.82, 2.24) is 10.9 Å². The fourth-order valence-electron chi connectivity index (χ4n) is 1.72. The Kier molecular flexibility index (Phi) is 7.25. The highest BCUT2D eigenvalue weighted by molar-refractivity contribution is 6.32. The zero-order chi connectivity index (χ0) is 18.9. The van der Waals surface area contributed by atoms with Gasteiger partial charge in [-0.05, 0) is 36.4 Å². The highest BCUT2D eigenvalue weighted by Crippen LogP contribution is 2.22. The SMILES string of the molecule is O=C(COC(=O)COc1ccccc1Cl)NNC(=O)c1ccc(Cl)cc1. The summed E-state index contributed by atoms with van der Waals surface area (Å²) in [6, 6.07) is 12.7. The van der Waals surface area contributed by atoms with Gasteiger partial charge in [-0.2, -0.15) is 0 Å². The van der Waals surface area contributed by atoms with Crippen LogP contribution in [0.1, 0.15) is 10.4 Å². The number of halogens is 2. The molecule has 136 valence electrons. The van der Waals surface area contributed by atoms with Gasteiger partial charge < -0.3 is 9.47 Å². The lowest BCUT2D eigenvalue weighted by atomic mass is 10.2. The topological polar surface area (TPSA) is 93.7 Å². The number of nitrogens with one attached hydrogen (secondary N) is 2. The van der Waals surface area contributed by atoms with Crippen LogP contribution in [0.15, 0.2) is 48.5 Å². The summed E-state index contributed by atoms with van der Waals surface area (Å²) in [6.07, 6.45) is 0. The van der Waals surface area contributed by atoms with Gasteiger partial charge in [0, 0.05) is 10.6 Å². The molecule has 26 heavy (non-hydrogen) atoms. The van der Waals surface area contributed by atoms with E-state index in [9.17, 15) is 14.4 Å². The molecule has 0 aromatic heterocycles. The van der Waals surface area contributed by atoms with Crippen LogP contribution in [-0.4, -0.2) is 31.0 Å². The maximum absolute atomic E-state index is 11.8. The molecule has 0 unspecified atom stereocenters. The summed E-state index contributed by atoms with van der Waals surface area (Å²) in [4.78, 5) is 34.9. The first kappa shape index (κ1) is 19.6. The number of amides is 2. The summed E-state index contributed by atoms with van der Waals surface area (Å²) in [6.45, 7) is -0.986. The fraction of sp³-hybridized carbons (Fsp3) is 0.118. The van der Waals surface area contributed by atoms with Gasteiger partial charge in [0.2, 0.25) is 0 Å². The van der Waals surface area contributed by atoms with Crippen molar-refractivity contribution in [1.29, 1.82) is 0 Å². The molecule has 0 radical (unpaired) electrons. The van der Waals surface area contributed by atoms with Crippen LogP contribution in [0, 0.1) is 0 Å². The molecule has 0 aliphatic rings. The normalized spacial score (nSPS) is 9.92. The lowest BCUT2D eigenvalue weighted by molar-refractivity contribution is -0.150. The Bertz CT molecular complexity index is 796. The van der Waals surface area contributed by atoms with Crippen molar-refractivity contribution in [2.24, 2.45) is 0 Å². The summed E-state index contributed by atoms with van der Waals surface area (Å²) in [5, 5.41) is 0.833. The van der Waals surface area contributed by atoms with Crippen LogP contribution < -0.4 is 15.6 Å². The van der Waals surface area contributed by atoms with Crippen molar-refractivity contribution >= 4 is 41.0 Å². The van der Waals surface area contributed by atoms with Gasteiger partial charge in [0.25, 0.3) is 11.8 Å². The van der Waals surface area contributed by atoms with E-state index in [1.54, 1.807) is 36.4 Å². The molecule has 0 fully saturated rings. The molecule has 7 nitrogen and oxygen atoms in total. The quantitative estimate of drug-likeness (QED) is 0.577. The van der Waals surface area contributed by atoms with E-state index in [2.05, 4.69) is 10.9 Å². The summed E-state index contributed by atoms with van der Waals surface area (Å²) < 4.78 is 9.91. The van der Waals surface area contributed by atoms with Crippen molar-refractivity contribution < 1.29 is 23.9 Å². The predicted octanol–water partition coefficient (Wildman–Crippen LogP) is 2.38. The van der Waals surface area contributed by atoms with E-state index in [4.69, 9.17) is 32.7 Å². The van der Waals surface area contributed by atoms with Gasteiger partial charge in [0.05, 0.1) is 5.02 Å². The molecule has 0 saturated heterocycles. The van der Waals surface area contributed by atoms with Crippen molar-refractivity contribution in [2.45, 2.75) is 0 Å². The highest BCUT2D eigenvalue weighted by atomic mass is 35.5. The number of hydrogen-bond donors (Lipinski definition) is 2. The molecule has 9 heteroatoms. The molecule has 0 aliphatic carbocycles. The van der Waals surface area contributed by atoms with Crippen LogP contribution in [-0.2, 0) is 14.3 Å². The summed E-state index contributed by atoms with van der Waals surface area (Å²) >= 11 is 11.6. The standard InChI is InChI=1S/C17H14Cl2N2O5/c18-12-7-5-11(6-8-12)17(24)21-20-15(22)9-26-16(23)10-25-14-4-2-1-3-13(14)19/h1-8H,9-10H2,(H,20,22)(H,21,24). The second kappa shape index (κ2) is 9.65. The van der Waals surface area contributed by atoms with Gasteiger partial charge >= 0.3 is 5.97 Å². The number of carbonyl (C=O) groups excluding carboxylic acids is 3. The Hall–Kier alpha value is -2.77. The van der Waals surface area contributed by atoms with E-state index in [-0.39, 0.29) is 0 Å². The van der Waals surface area contributed by atoms with Gasteiger partial charge in [-0.15, -0.1) is 0 Å². The second-order valence-corrected chi connectivity index (χ2v) is 5.73. The minimum absolute atomic E-state index is 0.305. The van der Waals surface area contributed by atoms with Gasteiger partial charge in [-0.1, -0.05) is 35.3 Å².